The number of thioether (sulfide) groups is 1. The van der Waals surface area contributed by atoms with E-state index >= 15 is 0 Å². The molecule has 0 aliphatic carbocycles. The van der Waals surface area contributed by atoms with Gasteiger partial charge < -0.3 is 4.52 Å². The van der Waals surface area contributed by atoms with Gasteiger partial charge in [0.15, 0.2) is 5.82 Å². The second-order valence-electron chi connectivity index (χ2n) is 3.73. The normalized spacial score (nSPS) is 13.6. The zero-order chi connectivity index (χ0) is 13.8. The molecule has 1 aromatic rings. The van der Waals surface area contributed by atoms with Crippen molar-refractivity contribution in [2.45, 2.75) is 43.9 Å². The minimum Gasteiger partial charge on any atom is -0.339 e. The van der Waals surface area contributed by atoms with Crippen LogP contribution < -0.4 is 0 Å². The number of alkyl halides is 3. The monoisotopic (exact) mass is 282 g/mol. The largest absolute Gasteiger partial charge is 0.450 e. The van der Waals surface area contributed by atoms with Crippen LogP contribution in [0.25, 0.3) is 0 Å². The minimum absolute atomic E-state index is 0.294. The molecule has 18 heavy (non-hydrogen) atoms. The molecule has 4 nitrogen and oxygen atoms in total. The lowest BCUT2D eigenvalue weighted by molar-refractivity contribution is -0.170. The summed E-state index contributed by atoms with van der Waals surface area (Å²) in [7, 11) is 0. The predicted molar refractivity (Wildman–Crippen MR) is 60.1 cm³/mol. The molecule has 0 N–H and O–H groups in total. The molecule has 0 aliphatic rings. The topological polar surface area (TPSA) is 56.0 Å². The predicted octanol–water partition coefficient (Wildman–Crippen LogP) is 2.78. The van der Waals surface area contributed by atoms with Crippen molar-refractivity contribution in [1.82, 2.24) is 10.1 Å². The summed E-state index contributed by atoms with van der Waals surface area (Å²) in [6, 6.07) is 0. The number of aromatic nitrogens is 2. The summed E-state index contributed by atoms with van der Waals surface area (Å²) < 4.78 is 40.6. The SMILES string of the molecule is CCC(C)SCc1noc(CC(=O)C(F)(F)F)n1. The van der Waals surface area contributed by atoms with Crippen LogP contribution in [0.3, 0.4) is 0 Å². The Morgan fingerprint density at radius 3 is 2.72 bits per heavy atom. The van der Waals surface area contributed by atoms with Gasteiger partial charge in [-0.25, -0.2) is 0 Å². The summed E-state index contributed by atoms with van der Waals surface area (Å²) in [6.07, 6.45) is -4.79. The maximum atomic E-state index is 12.0. The first-order chi connectivity index (χ1) is 8.32. The van der Waals surface area contributed by atoms with Crippen molar-refractivity contribution in [3.63, 3.8) is 0 Å². The van der Waals surface area contributed by atoms with Gasteiger partial charge in [0.1, 0.15) is 0 Å². The molecule has 0 radical (unpaired) electrons. The molecule has 0 aliphatic heterocycles. The van der Waals surface area contributed by atoms with Crippen molar-refractivity contribution < 1.29 is 22.5 Å². The minimum atomic E-state index is -4.86. The third-order valence-corrected chi connectivity index (χ3v) is 3.54. The smallest absolute Gasteiger partial charge is 0.339 e. The van der Waals surface area contributed by atoms with E-state index in [1.165, 1.54) is 0 Å². The van der Waals surface area contributed by atoms with Crippen molar-refractivity contribution in [2.24, 2.45) is 0 Å². The van der Waals surface area contributed by atoms with E-state index in [0.717, 1.165) is 6.42 Å². The van der Waals surface area contributed by atoms with Crippen molar-refractivity contribution in [1.29, 1.82) is 0 Å². The van der Waals surface area contributed by atoms with E-state index in [9.17, 15) is 18.0 Å². The van der Waals surface area contributed by atoms with Crippen LogP contribution in [0, 0.1) is 0 Å². The van der Waals surface area contributed by atoms with E-state index < -0.39 is 18.4 Å². The molecule has 0 aromatic carbocycles. The molecular weight excluding hydrogens is 269 g/mol. The van der Waals surface area contributed by atoms with Gasteiger partial charge in [-0.05, 0) is 6.42 Å². The molecule has 1 rings (SSSR count). The Kier molecular flexibility index (Phi) is 5.18. The Balaban J connectivity index is 2.51. The van der Waals surface area contributed by atoms with Crippen LogP contribution in [-0.2, 0) is 17.0 Å². The quantitative estimate of drug-likeness (QED) is 0.803. The summed E-state index contributed by atoms with van der Waals surface area (Å²) in [4.78, 5) is 14.4. The van der Waals surface area contributed by atoms with Gasteiger partial charge >= 0.3 is 6.18 Å². The molecule has 102 valence electrons. The molecular formula is C10H13F3N2O2S. The van der Waals surface area contributed by atoms with Gasteiger partial charge in [-0.1, -0.05) is 19.0 Å². The first kappa shape index (κ1) is 15.0. The van der Waals surface area contributed by atoms with Gasteiger partial charge in [0.25, 0.3) is 0 Å². The molecule has 1 unspecified atom stereocenters. The van der Waals surface area contributed by atoms with Crippen molar-refractivity contribution in [3.8, 4) is 0 Å². The van der Waals surface area contributed by atoms with Gasteiger partial charge in [0.2, 0.25) is 11.7 Å². The Hall–Kier alpha value is -1.05. The molecule has 1 atom stereocenters. The summed E-state index contributed by atoms with van der Waals surface area (Å²) >= 11 is 1.58. The van der Waals surface area contributed by atoms with E-state index in [1.807, 2.05) is 13.8 Å². The summed E-state index contributed by atoms with van der Waals surface area (Å²) in [6.45, 7) is 4.06. The van der Waals surface area contributed by atoms with Crippen LogP contribution in [0.5, 0.6) is 0 Å². The van der Waals surface area contributed by atoms with E-state index in [0.29, 0.717) is 16.8 Å². The second kappa shape index (κ2) is 6.21. The van der Waals surface area contributed by atoms with E-state index in [4.69, 9.17) is 0 Å². The molecule has 0 saturated heterocycles. The lowest BCUT2D eigenvalue weighted by Crippen LogP contribution is -2.24. The van der Waals surface area contributed by atoms with E-state index in [2.05, 4.69) is 14.7 Å². The fraction of sp³-hybridized carbons (Fsp3) is 0.700. The zero-order valence-corrected chi connectivity index (χ0v) is 10.8. The van der Waals surface area contributed by atoms with Crippen LogP contribution in [0.4, 0.5) is 13.2 Å². The van der Waals surface area contributed by atoms with Crippen molar-refractivity contribution in [3.05, 3.63) is 11.7 Å². The third kappa shape index (κ3) is 4.67. The van der Waals surface area contributed by atoms with Crippen LogP contribution in [0.2, 0.25) is 0 Å². The number of hydrogen-bond acceptors (Lipinski definition) is 5. The first-order valence-corrected chi connectivity index (χ1v) is 6.41. The van der Waals surface area contributed by atoms with E-state index in [1.54, 1.807) is 11.8 Å². The standard InChI is InChI=1S/C10H13F3N2O2S/c1-3-6(2)18-5-8-14-9(17-15-8)4-7(16)10(11,12)13/h6H,3-5H2,1-2H3. The maximum absolute atomic E-state index is 12.0. The van der Waals surface area contributed by atoms with Gasteiger partial charge in [0, 0.05) is 5.25 Å². The number of carbonyl (C=O) groups is 1. The summed E-state index contributed by atoms with van der Waals surface area (Å²) in [5.41, 5.74) is 0. The highest BCUT2D eigenvalue weighted by Crippen LogP contribution is 2.20. The summed E-state index contributed by atoms with van der Waals surface area (Å²) in [5, 5.41) is 3.94. The highest BCUT2D eigenvalue weighted by atomic mass is 32.2. The Bertz CT molecular complexity index is 406. The number of carbonyl (C=O) groups excluding carboxylic acids is 1. The van der Waals surface area contributed by atoms with E-state index in [-0.39, 0.29) is 5.89 Å². The molecule has 0 spiro atoms. The fourth-order valence-electron chi connectivity index (χ4n) is 0.993. The molecule has 1 aromatic heterocycles. The molecule has 0 fully saturated rings. The van der Waals surface area contributed by atoms with Crippen LogP contribution >= 0.6 is 11.8 Å². The Morgan fingerprint density at radius 2 is 2.17 bits per heavy atom. The maximum Gasteiger partial charge on any atom is 0.450 e. The number of Topliss-reactive ketones (excluding diaryl/α,β-unsaturated/α-hetero) is 1. The number of hydrogen-bond donors (Lipinski definition) is 0. The first-order valence-electron chi connectivity index (χ1n) is 5.36. The number of rotatable bonds is 6. The van der Waals surface area contributed by atoms with Gasteiger partial charge in [-0.15, -0.1) is 0 Å². The Morgan fingerprint density at radius 1 is 1.50 bits per heavy atom. The summed E-state index contributed by atoms with van der Waals surface area (Å²) in [5.74, 6) is -1.41. The van der Waals surface area contributed by atoms with Crippen LogP contribution in [0.1, 0.15) is 32.0 Å². The Labute approximate surface area is 106 Å². The molecule has 1 heterocycles. The highest BCUT2D eigenvalue weighted by Gasteiger charge is 2.39. The molecule has 8 heteroatoms. The fourth-order valence-corrected chi connectivity index (χ4v) is 1.78. The van der Waals surface area contributed by atoms with Gasteiger partial charge in [0.05, 0.1) is 12.2 Å². The lowest BCUT2D eigenvalue weighted by Gasteiger charge is -2.04. The van der Waals surface area contributed by atoms with Gasteiger partial charge in [-0.3, -0.25) is 4.79 Å². The third-order valence-electron chi connectivity index (χ3n) is 2.21. The number of nitrogens with zero attached hydrogens (tertiary/aromatic N) is 2. The second-order valence-corrected chi connectivity index (χ2v) is 5.16. The molecule has 0 saturated carbocycles. The van der Waals surface area contributed by atoms with Crippen molar-refractivity contribution >= 4 is 17.5 Å². The molecule has 0 amide bonds. The lowest BCUT2D eigenvalue weighted by atomic mass is 10.3. The van der Waals surface area contributed by atoms with Crippen molar-refractivity contribution in [2.75, 3.05) is 0 Å². The average Bonchev–Trinajstić information content (AvgIpc) is 2.72. The average molecular weight is 282 g/mol. The number of halogens is 3. The molecule has 0 bridgehead atoms. The van der Waals surface area contributed by atoms with Crippen LogP contribution in [-0.4, -0.2) is 27.4 Å². The number of ketones is 1. The van der Waals surface area contributed by atoms with Gasteiger partial charge in [-0.2, -0.15) is 29.9 Å². The van der Waals surface area contributed by atoms with Crippen LogP contribution in [0.15, 0.2) is 4.52 Å². The zero-order valence-electron chi connectivity index (χ0n) is 9.95. The highest BCUT2D eigenvalue weighted by molar-refractivity contribution is 7.99.